The first kappa shape index (κ1) is 12.4. The molecule has 1 N–H and O–H groups in total. The van der Waals surface area contributed by atoms with Crippen molar-refractivity contribution in [2.24, 2.45) is 17.3 Å². The Morgan fingerprint density at radius 3 is 2.56 bits per heavy atom. The van der Waals surface area contributed by atoms with Crippen molar-refractivity contribution < 1.29 is 4.74 Å². The molecule has 2 aliphatic rings. The summed E-state index contributed by atoms with van der Waals surface area (Å²) < 4.78 is 5.47. The molecule has 0 amide bonds. The van der Waals surface area contributed by atoms with Gasteiger partial charge in [-0.3, -0.25) is 0 Å². The Bertz CT molecular complexity index is 233. The van der Waals surface area contributed by atoms with E-state index in [0.29, 0.717) is 17.5 Å². The standard InChI is InChI=1S/C14H27NO/c1-10-7-14(3,4)8-13(10)15-11(2)12-5-6-16-9-12/h10-13,15H,5-9H2,1-4H3. The van der Waals surface area contributed by atoms with Gasteiger partial charge in [-0.25, -0.2) is 0 Å². The molecule has 0 aromatic carbocycles. The molecule has 1 saturated carbocycles. The number of nitrogens with one attached hydrogen (secondary N) is 1. The quantitative estimate of drug-likeness (QED) is 0.797. The topological polar surface area (TPSA) is 21.3 Å². The second kappa shape index (κ2) is 4.66. The van der Waals surface area contributed by atoms with E-state index in [1.165, 1.54) is 19.3 Å². The molecule has 0 aromatic rings. The van der Waals surface area contributed by atoms with Gasteiger partial charge < -0.3 is 10.1 Å². The Morgan fingerprint density at radius 2 is 2.06 bits per heavy atom. The van der Waals surface area contributed by atoms with Gasteiger partial charge in [0.15, 0.2) is 0 Å². The van der Waals surface area contributed by atoms with Crippen LogP contribution < -0.4 is 5.32 Å². The molecule has 16 heavy (non-hydrogen) atoms. The molecular formula is C14H27NO. The second-order valence-corrected chi connectivity index (χ2v) is 6.74. The van der Waals surface area contributed by atoms with Crippen LogP contribution in [0.25, 0.3) is 0 Å². The Labute approximate surface area is 100 Å². The molecule has 0 bridgehead atoms. The van der Waals surface area contributed by atoms with Crippen molar-refractivity contribution in [3.8, 4) is 0 Å². The molecule has 2 heteroatoms. The molecule has 4 atom stereocenters. The van der Waals surface area contributed by atoms with E-state index >= 15 is 0 Å². The Balaban J connectivity index is 1.85. The van der Waals surface area contributed by atoms with Crippen LogP contribution in [0.3, 0.4) is 0 Å². The first-order chi connectivity index (χ1) is 7.48. The van der Waals surface area contributed by atoms with Crippen LogP contribution in [0.1, 0.15) is 47.0 Å². The van der Waals surface area contributed by atoms with Crippen molar-refractivity contribution in [3.63, 3.8) is 0 Å². The number of hydrogen-bond donors (Lipinski definition) is 1. The van der Waals surface area contributed by atoms with E-state index in [0.717, 1.165) is 25.0 Å². The first-order valence-corrected chi connectivity index (χ1v) is 6.82. The van der Waals surface area contributed by atoms with E-state index in [4.69, 9.17) is 4.74 Å². The van der Waals surface area contributed by atoms with Gasteiger partial charge >= 0.3 is 0 Å². The van der Waals surface area contributed by atoms with Crippen LogP contribution in [0, 0.1) is 17.3 Å². The summed E-state index contributed by atoms with van der Waals surface area (Å²) in [4.78, 5) is 0. The van der Waals surface area contributed by atoms with Crippen molar-refractivity contribution in [3.05, 3.63) is 0 Å². The highest BCUT2D eigenvalue weighted by Gasteiger charge is 2.37. The zero-order chi connectivity index (χ0) is 11.8. The predicted molar refractivity (Wildman–Crippen MR) is 67.5 cm³/mol. The second-order valence-electron chi connectivity index (χ2n) is 6.74. The highest BCUT2D eigenvalue weighted by molar-refractivity contribution is 4.93. The maximum absolute atomic E-state index is 5.47. The predicted octanol–water partition coefficient (Wildman–Crippen LogP) is 2.83. The van der Waals surface area contributed by atoms with Gasteiger partial charge in [0.25, 0.3) is 0 Å². The third-order valence-corrected chi connectivity index (χ3v) is 4.48. The number of ether oxygens (including phenoxy) is 1. The van der Waals surface area contributed by atoms with Crippen molar-refractivity contribution in [1.29, 1.82) is 0 Å². The minimum absolute atomic E-state index is 0.531. The van der Waals surface area contributed by atoms with Gasteiger partial charge in [0.1, 0.15) is 0 Å². The molecule has 1 aliphatic carbocycles. The molecule has 0 spiro atoms. The fraction of sp³-hybridized carbons (Fsp3) is 1.00. The van der Waals surface area contributed by atoms with Crippen LogP contribution in [0.4, 0.5) is 0 Å². The maximum atomic E-state index is 5.47. The van der Waals surface area contributed by atoms with Crippen molar-refractivity contribution >= 4 is 0 Å². The molecular weight excluding hydrogens is 198 g/mol. The molecule has 2 nitrogen and oxygen atoms in total. The molecule has 0 aromatic heterocycles. The van der Waals surface area contributed by atoms with Crippen molar-refractivity contribution in [2.45, 2.75) is 59.0 Å². The van der Waals surface area contributed by atoms with Crippen LogP contribution in [0.5, 0.6) is 0 Å². The summed E-state index contributed by atoms with van der Waals surface area (Å²) in [6.45, 7) is 11.4. The van der Waals surface area contributed by atoms with Crippen LogP contribution in [-0.2, 0) is 4.74 Å². The van der Waals surface area contributed by atoms with Gasteiger partial charge in [-0.2, -0.15) is 0 Å². The van der Waals surface area contributed by atoms with Gasteiger partial charge in [0, 0.05) is 18.7 Å². The highest BCUT2D eigenvalue weighted by Crippen LogP contribution is 2.41. The van der Waals surface area contributed by atoms with E-state index < -0.39 is 0 Å². The smallest absolute Gasteiger partial charge is 0.0509 e. The largest absolute Gasteiger partial charge is 0.381 e. The van der Waals surface area contributed by atoms with Gasteiger partial charge in [-0.15, -0.1) is 0 Å². The van der Waals surface area contributed by atoms with Crippen LogP contribution >= 0.6 is 0 Å². The summed E-state index contributed by atoms with van der Waals surface area (Å²) in [5, 5.41) is 3.85. The SMILES string of the molecule is CC1CC(C)(C)CC1NC(C)C1CCOC1. The first-order valence-electron chi connectivity index (χ1n) is 6.82. The number of hydrogen-bond acceptors (Lipinski definition) is 2. The molecule has 94 valence electrons. The minimum Gasteiger partial charge on any atom is -0.381 e. The van der Waals surface area contributed by atoms with Crippen molar-refractivity contribution in [2.75, 3.05) is 13.2 Å². The van der Waals surface area contributed by atoms with E-state index in [1.54, 1.807) is 0 Å². The van der Waals surface area contributed by atoms with E-state index in [1.807, 2.05) is 0 Å². The molecule has 2 fully saturated rings. The summed E-state index contributed by atoms with van der Waals surface area (Å²) in [6, 6.07) is 1.33. The summed E-state index contributed by atoms with van der Waals surface area (Å²) in [5.41, 5.74) is 0.531. The molecule has 4 unspecified atom stereocenters. The summed E-state index contributed by atoms with van der Waals surface area (Å²) in [7, 11) is 0. The van der Waals surface area contributed by atoms with Crippen LogP contribution in [-0.4, -0.2) is 25.3 Å². The highest BCUT2D eigenvalue weighted by atomic mass is 16.5. The lowest BCUT2D eigenvalue weighted by molar-refractivity contribution is 0.175. The Kier molecular flexibility index (Phi) is 3.60. The summed E-state index contributed by atoms with van der Waals surface area (Å²) in [5.74, 6) is 1.55. The molecule has 1 saturated heterocycles. The van der Waals surface area contributed by atoms with Gasteiger partial charge in [0.2, 0.25) is 0 Å². The molecule has 1 heterocycles. The molecule has 2 rings (SSSR count). The Hall–Kier alpha value is -0.0800. The third kappa shape index (κ3) is 2.78. The Morgan fingerprint density at radius 1 is 1.31 bits per heavy atom. The normalized spacial score (nSPS) is 40.1. The zero-order valence-corrected chi connectivity index (χ0v) is 11.3. The third-order valence-electron chi connectivity index (χ3n) is 4.48. The minimum atomic E-state index is 0.531. The van der Waals surface area contributed by atoms with Crippen LogP contribution in [0.2, 0.25) is 0 Å². The van der Waals surface area contributed by atoms with Gasteiger partial charge in [0.05, 0.1) is 6.61 Å². The summed E-state index contributed by atoms with van der Waals surface area (Å²) >= 11 is 0. The lowest BCUT2D eigenvalue weighted by atomic mass is 9.91. The van der Waals surface area contributed by atoms with Gasteiger partial charge in [-0.1, -0.05) is 20.8 Å². The molecule has 1 aliphatic heterocycles. The average molecular weight is 225 g/mol. The lowest BCUT2D eigenvalue weighted by Gasteiger charge is -2.26. The maximum Gasteiger partial charge on any atom is 0.0509 e. The zero-order valence-electron chi connectivity index (χ0n) is 11.3. The van der Waals surface area contributed by atoms with E-state index in [2.05, 4.69) is 33.0 Å². The lowest BCUT2D eigenvalue weighted by Crippen LogP contribution is -2.42. The average Bonchev–Trinajstić information content (AvgIpc) is 2.74. The van der Waals surface area contributed by atoms with E-state index in [9.17, 15) is 0 Å². The molecule has 0 radical (unpaired) electrons. The fourth-order valence-corrected chi connectivity index (χ4v) is 3.54. The monoisotopic (exact) mass is 225 g/mol. The van der Waals surface area contributed by atoms with Crippen LogP contribution in [0.15, 0.2) is 0 Å². The van der Waals surface area contributed by atoms with E-state index in [-0.39, 0.29) is 0 Å². The summed E-state index contributed by atoms with van der Waals surface area (Å²) in [6.07, 6.45) is 3.92. The van der Waals surface area contributed by atoms with Gasteiger partial charge in [-0.05, 0) is 43.4 Å². The number of rotatable bonds is 3. The fourth-order valence-electron chi connectivity index (χ4n) is 3.54. The van der Waals surface area contributed by atoms with Crippen molar-refractivity contribution in [1.82, 2.24) is 5.32 Å².